The van der Waals surface area contributed by atoms with Crippen LogP contribution in [0.2, 0.25) is 0 Å². The summed E-state index contributed by atoms with van der Waals surface area (Å²) < 4.78 is 5.91. The van der Waals surface area contributed by atoms with Crippen molar-refractivity contribution in [3.05, 3.63) is 47.0 Å². The third-order valence-corrected chi connectivity index (χ3v) is 3.15. The molecule has 0 aliphatic rings. The van der Waals surface area contributed by atoms with E-state index in [1.807, 2.05) is 25.1 Å². The molecule has 18 heavy (non-hydrogen) atoms. The number of furan rings is 1. The Morgan fingerprint density at radius 3 is 2.72 bits per heavy atom. The molecule has 0 atom stereocenters. The minimum Gasteiger partial charge on any atom is -0.455 e. The lowest BCUT2D eigenvalue weighted by Gasteiger charge is -1.96. The van der Waals surface area contributed by atoms with Crippen LogP contribution in [-0.4, -0.2) is 0 Å². The maximum atomic E-state index is 5.91. The zero-order chi connectivity index (χ0) is 12.5. The second-order valence-electron chi connectivity index (χ2n) is 4.14. The van der Waals surface area contributed by atoms with Crippen LogP contribution in [0.1, 0.15) is 6.92 Å². The monoisotopic (exact) mass is 232 g/mol. The van der Waals surface area contributed by atoms with Gasteiger partial charge in [-0.1, -0.05) is 42.3 Å². The topological polar surface area (TPSA) is 13.1 Å². The molecule has 1 heterocycles. The zero-order valence-electron chi connectivity index (χ0n) is 10.1. The highest BCUT2D eigenvalue weighted by atomic mass is 16.3. The van der Waals surface area contributed by atoms with Gasteiger partial charge in [0.15, 0.2) is 0 Å². The Hall–Kier alpha value is -2.46. The Balaban J connectivity index is 2.63. The van der Waals surface area contributed by atoms with E-state index < -0.39 is 0 Å². The van der Waals surface area contributed by atoms with Crippen molar-refractivity contribution in [1.82, 2.24) is 0 Å². The Labute approximate surface area is 105 Å². The number of hydrogen-bond acceptors (Lipinski definition) is 1. The predicted molar refractivity (Wildman–Crippen MR) is 76.4 cm³/mol. The van der Waals surface area contributed by atoms with Crippen molar-refractivity contribution < 1.29 is 4.42 Å². The summed E-state index contributed by atoms with van der Waals surface area (Å²) in [6, 6.07) is 12.4. The van der Waals surface area contributed by atoms with E-state index in [1.165, 1.54) is 5.39 Å². The van der Waals surface area contributed by atoms with Crippen molar-refractivity contribution in [2.24, 2.45) is 0 Å². The van der Waals surface area contributed by atoms with Gasteiger partial charge in [0, 0.05) is 22.1 Å². The first-order valence-electron chi connectivity index (χ1n) is 5.88. The van der Waals surface area contributed by atoms with E-state index >= 15 is 0 Å². The Morgan fingerprint density at radius 2 is 1.94 bits per heavy atom. The molecule has 1 nitrogen and oxygen atoms in total. The summed E-state index contributed by atoms with van der Waals surface area (Å²) in [4.78, 5) is 0. The Bertz CT molecular complexity index is 889. The molecule has 0 bridgehead atoms. The number of fused-ring (bicyclic) bond motifs is 3. The lowest BCUT2D eigenvalue weighted by atomic mass is 10.1. The molecule has 0 saturated heterocycles. The first-order chi connectivity index (χ1) is 8.85. The molecule has 1 aromatic heterocycles. The second-order valence-corrected chi connectivity index (χ2v) is 4.14. The summed E-state index contributed by atoms with van der Waals surface area (Å²) in [5.74, 6) is 2.53. The van der Waals surface area contributed by atoms with Gasteiger partial charge in [0.05, 0.1) is 0 Å². The molecule has 2 aromatic carbocycles. The fourth-order valence-corrected chi connectivity index (χ4v) is 2.34. The van der Waals surface area contributed by atoms with Crippen LogP contribution in [-0.2, 0) is 0 Å². The smallest absolute Gasteiger partial charge is 0.143 e. The van der Waals surface area contributed by atoms with E-state index in [0.717, 1.165) is 27.0 Å². The standard InChI is InChI=1S/C17H12O/c1-3-7-16-13(4-2)15-11-10-12-8-5-6-9-14(12)17(15)18-16/h1,4-11H,2H3/b13-4-,16-7+. The summed E-state index contributed by atoms with van der Waals surface area (Å²) in [6.45, 7) is 1.99. The van der Waals surface area contributed by atoms with Crippen LogP contribution in [0.15, 0.2) is 40.8 Å². The molecule has 0 fully saturated rings. The fraction of sp³-hybridized carbons (Fsp3) is 0.0588. The van der Waals surface area contributed by atoms with Gasteiger partial charge in [-0.2, -0.15) is 0 Å². The van der Waals surface area contributed by atoms with E-state index in [0.29, 0.717) is 0 Å². The summed E-state index contributed by atoms with van der Waals surface area (Å²) in [6.07, 6.45) is 9.04. The van der Waals surface area contributed by atoms with E-state index in [1.54, 1.807) is 6.08 Å². The summed E-state index contributed by atoms with van der Waals surface area (Å²) >= 11 is 0. The molecule has 0 unspecified atom stereocenters. The minimum atomic E-state index is 0.756. The average molecular weight is 232 g/mol. The summed E-state index contributed by atoms with van der Waals surface area (Å²) in [5.41, 5.74) is 1.66. The molecule has 0 aliphatic carbocycles. The van der Waals surface area contributed by atoms with Crippen LogP contribution in [0.5, 0.6) is 0 Å². The second kappa shape index (κ2) is 4.09. The van der Waals surface area contributed by atoms with Crippen molar-refractivity contribution in [3.63, 3.8) is 0 Å². The van der Waals surface area contributed by atoms with Crippen molar-refractivity contribution in [3.8, 4) is 12.3 Å². The Morgan fingerprint density at radius 1 is 1.11 bits per heavy atom. The molecule has 3 aromatic rings. The van der Waals surface area contributed by atoms with Gasteiger partial charge in [0.1, 0.15) is 11.0 Å². The average Bonchev–Trinajstić information content (AvgIpc) is 2.77. The van der Waals surface area contributed by atoms with Gasteiger partial charge in [-0.3, -0.25) is 0 Å². The molecule has 0 saturated carbocycles. The number of terminal acetylenes is 1. The predicted octanol–water partition coefficient (Wildman–Crippen LogP) is 2.80. The van der Waals surface area contributed by atoms with Crippen molar-refractivity contribution in [1.29, 1.82) is 0 Å². The van der Waals surface area contributed by atoms with Crippen LogP contribution in [0.25, 0.3) is 33.9 Å². The van der Waals surface area contributed by atoms with E-state index in [4.69, 9.17) is 10.8 Å². The van der Waals surface area contributed by atoms with Crippen LogP contribution in [0.3, 0.4) is 0 Å². The van der Waals surface area contributed by atoms with Crippen LogP contribution in [0.4, 0.5) is 0 Å². The quantitative estimate of drug-likeness (QED) is 0.543. The number of hydrogen-bond donors (Lipinski definition) is 0. The fourth-order valence-electron chi connectivity index (χ4n) is 2.34. The lowest BCUT2D eigenvalue weighted by molar-refractivity contribution is 0.579. The highest BCUT2D eigenvalue weighted by molar-refractivity contribution is 6.04. The molecule has 0 spiro atoms. The molecule has 0 radical (unpaired) electrons. The third-order valence-electron chi connectivity index (χ3n) is 3.15. The number of benzene rings is 2. The third kappa shape index (κ3) is 1.43. The van der Waals surface area contributed by atoms with Gasteiger partial charge in [0.2, 0.25) is 0 Å². The normalized spacial score (nSPS) is 13.3. The van der Waals surface area contributed by atoms with Gasteiger partial charge in [-0.15, -0.1) is 6.42 Å². The summed E-state index contributed by atoms with van der Waals surface area (Å²) in [7, 11) is 0. The van der Waals surface area contributed by atoms with Gasteiger partial charge >= 0.3 is 0 Å². The van der Waals surface area contributed by atoms with Crippen LogP contribution in [0, 0.1) is 12.3 Å². The van der Waals surface area contributed by atoms with Gasteiger partial charge in [0.25, 0.3) is 0 Å². The van der Waals surface area contributed by atoms with E-state index in [9.17, 15) is 0 Å². The first-order valence-corrected chi connectivity index (χ1v) is 5.88. The molecule has 1 heteroatoms. The molecule has 0 N–H and O–H groups in total. The Kier molecular flexibility index (Phi) is 2.42. The highest BCUT2D eigenvalue weighted by Crippen LogP contribution is 2.22. The lowest BCUT2D eigenvalue weighted by Crippen LogP contribution is -2.18. The highest BCUT2D eigenvalue weighted by Gasteiger charge is 2.06. The zero-order valence-corrected chi connectivity index (χ0v) is 10.1. The largest absolute Gasteiger partial charge is 0.455 e. The SMILES string of the molecule is C#C/C=c1/oc2c(ccc3ccccc32)/c1=C/C. The van der Waals surface area contributed by atoms with Gasteiger partial charge in [-0.25, -0.2) is 0 Å². The molecule has 86 valence electrons. The van der Waals surface area contributed by atoms with Crippen molar-refractivity contribution in [2.45, 2.75) is 6.92 Å². The molecule has 0 amide bonds. The van der Waals surface area contributed by atoms with Crippen LogP contribution < -0.4 is 10.6 Å². The van der Waals surface area contributed by atoms with Crippen molar-refractivity contribution in [2.75, 3.05) is 0 Å². The molecule has 0 aliphatic heterocycles. The summed E-state index contributed by atoms with van der Waals surface area (Å²) in [5, 5.41) is 4.47. The van der Waals surface area contributed by atoms with E-state index in [2.05, 4.69) is 30.2 Å². The molecular weight excluding hydrogens is 220 g/mol. The molecular formula is C17H12O. The molecule has 3 rings (SSSR count). The van der Waals surface area contributed by atoms with Gasteiger partial charge < -0.3 is 4.42 Å². The minimum absolute atomic E-state index is 0.756. The maximum Gasteiger partial charge on any atom is 0.143 e. The van der Waals surface area contributed by atoms with Gasteiger partial charge in [-0.05, 0) is 18.4 Å². The van der Waals surface area contributed by atoms with Crippen molar-refractivity contribution >= 4 is 33.9 Å². The van der Waals surface area contributed by atoms with Crippen LogP contribution >= 0.6 is 0 Å². The first kappa shape index (κ1) is 10.7. The number of rotatable bonds is 0. The maximum absolute atomic E-state index is 5.91. The van der Waals surface area contributed by atoms with E-state index in [-0.39, 0.29) is 0 Å².